The molecule has 5 heteroatoms. The fourth-order valence-electron chi connectivity index (χ4n) is 2.62. The first-order valence-electron chi connectivity index (χ1n) is 8.43. The van der Waals surface area contributed by atoms with Crippen LogP contribution in [0.2, 0.25) is 5.02 Å². The zero-order valence-corrected chi connectivity index (χ0v) is 17.0. The molecule has 3 nitrogen and oxygen atoms in total. The van der Waals surface area contributed by atoms with Crippen LogP contribution >= 0.6 is 24.0 Å². The highest BCUT2D eigenvalue weighted by molar-refractivity contribution is 6.30. The molecule has 0 spiro atoms. The fourth-order valence-corrected chi connectivity index (χ4v) is 2.75. The number of nitrogens with one attached hydrogen (secondary N) is 1. The third-order valence-corrected chi connectivity index (χ3v) is 4.20. The van der Waals surface area contributed by atoms with Crippen LogP contribution in [0, 0.1) is 0 Å². The van der Waals surface area contributed by atoms with Crippen LogP contribution in [-0.2, 0) is 0 Å². The Kier molecular flexibility index (Phi) is 9.42. The lowest BCUT2D eigenvalue weighted by Gasteiger charge is -2.21. The van der Waals surface area contributed by atoms with E-state index in [0.29, 0.717) is 10.6 Å². The molecule has 2 rings (SSSR count). The van der Waals surface area contributed by atoms with Crippen LogP contribution in [-0.4, -0.2) is 31.4 Å². The van der Waals surface area contributed by atoms with E-state index in [-0.39, 0.29) is 24.4 Å². The van der Waals surface area contributed by atoms with Gasteiger partial charge in [0.15, 0.2) is 0 Å². The Bertz CT molecular complexity index is 727. The summed E-state index contributed by atoms with van der Waals surface area (Å²) in [5.74, 6) is -0.0648. The standard InChI is InChI=1S/C21H25ClN2O.ClH/c1-4-6-16-7-5-8-18(15-16)21(25)23-20(13-14-24(2)3)17-9-11-19(22)12-10-17;/h4-12,15,20H,13-14H2,1-3H3,(H,23,25);1H. The highest BCUT2D eigenvalue weighted by Gasteiger charge is 2.16. The lowest BCUT2D eigenvalue weighted by molar-refractivity contribution is 0.0932. The van der Waals surface area contributed by atoms with Gasteiger partial charge in [0.1, 0.15) is 0 Å². The second-order valence-electron chi connectivity index (χ2n) is 6.30. The predicted molar refractivity (Wildman–Crippen MR) is 113 cm³/mol. The van der Waals surface area contributed by atoms with E-state index in [2.05, 4.69) is 10.2 Å². The Balaban J connectivity index is 0.00000338. The highest BCUT2D eigenvalue weighted by Crippen LogP contribution is 2.20. The first kappa shape index (κ1) is 22.2. The van der Waals surface area contributed by atoms with Crippen molar-refractivity contribution in [2.24, 2.45) is 0 Å². The molecule has 2 aromatic carbocycles. The minimum atomic E-state index is -0.0648. The molecule has 1 atom stereocenters. The van der Waals surface area contributed by atoms with Gasteiger partial charge in [-0.25, -0.2) is 0 Å². The van der Waals surface area contributed by atoms with Gasteiger partial charge in [0.25, 0.3) is 5.91 Å². The van der Waals surface area contributed by atoms with Crippen LogP contribution in [0.5, 0.6) is 0 Å². The quantitative estimate of drug-likeness (QED) is 0.700. The Labute approximate surface area is 167 Å². The van der Waals surface area contributed by atoms with Crippen LogP contribution < -0.4 is 5.32 Å². The number of halogens is 2. The van der Waals surface area contributed by atoms with E-state index in [0.717, 1.165) is 24.1 Å². The number of benzene rings is 2. The molecule has 2 aromatic rings. The SMILES string of the molecule is CC=Cc1cccc(C(=O)NC(CCN(C)C)c2ccc(Cl)cc2)c1.Cl. The van der Waals surface area contributed by atoms with E-state index in [1.165, 1.54) is 0 Å². The molecule has 0 aliphatic heterocycles. The molecule has 0 heterocycles. The van der Waals surface area contributed by atoms with Gasteiger partial charge in [-0.15, -0.1) is 12.4 Å². The molecule has 0 aromatic heterocycles. The second kappa shape index (κ2) is 11.0. The largest absolute Gasteiger partial charge is 0.345 e. The van der Waals surface area contributed by atoms with Crippen molar-refractivity contribution in [1.29, 1.82) is 0 Å². The first-order chi connectivity index (χ1) is 12.0. The maximum Gasteiger partial charge on any atom is 0.251 e. The van der Waals surface area contributed by atoms with Gasteiger partial charge in [-0.2, -0.15) is 0 Å². The van der Waals surface area contributed by atoms with Crippen LogP contribution in [0.1, 0.15) is 40.9 Å². The molecule has 0 saturated heterocycles. The van der Waals surface area contributed by atoms with Crippen molar-refractivity contribution in [3.63, 3.8) is 0 Å². The molecular weight excluding hydrogens is 367 g/mol. The number of amides is 1. The summed E-state index contributed by atoms with van der Waals surface area (Å²) in [5.41, 5.74) is 2.75. The van der Waals surface area contributed by atoms with Crippen molar-refractivity contribution >= 4 is 36.0 Å². The number of hydrogen-bond acceptors (Lipinski definition) is 2. The molecule has 1 amide bonds. The normalized spacial score (nSPS) is 12.0. The summed E-state index contributed by atoms with van der Waals surface area (Å²) in [6.07, 6.45) is 4.78. The average molecular weight is 393 g/mol. The highest BCUT2D eigenvalue weighted by atomic mass is 35.5. The van der Waals surface area contributed by atoms with Gasteiger partial charge in [0.05, 0.1) is 6.04 Å². The molecule has 0 aliphatic carbocycles. The molecule has 26 heavy (non-hydrogen) atoms. The van der Waals surface area contributed by atoms with Crippen LogP contribution in [0.15, 0.2) is 54.6 Å². The second-order valence-corrected chi connectivity index (χ2v) is 6.73. The van der Waals surface area contributed by atoms with Crippen LogP contribution in [0.3, 0.4) is 0 Å². The summed E-state index contributed by atoms with van der Waals surface area (Å²) in [7, 11) is 4.06. The first-order valence-corrected chi connectivity index (χ1v) is 8.81. The molecule has 0 fully saturated rings. The van der Waals surface area contributed by atoms with E-state index in [9.17, 15) is 4.79 Å². The van der Waals surface area contributed by atoms with Gasteiger partial charge in [-0.05, 0) is 69.4 Å². The van der Waals surface area contributed by atoms with Gasteiger partial charge in [-0.1, -0.05) is 48.0 Å². The molecule has 0 radical (unpaired) electrons. The summed E-state index contributed by atoms with van der Waals surface area (Å²) in [5, 5.41) is 3.86. The van der Waals surface area contributed by atoms with E-state index in [1.807, 2.05) is 81.7 Å². The van der Waals surface area contributed by atoms with Gasteiger partial charge in [0, 0.05) is 10.6 Å². The summed E-state index contributed by atoms with van der Waals surface area (Å²) in [4.78, 5) is 14.8. The van der Waals surface area contributed by atoms with Crippen molar-refractivity contribution in [3.8, 4) is 0 Å². The lowest BCUT2D eigenvalue weighted by atomic mass is 10.0. The Morgan fingerprint density at radius 1 is 1.19 bits per heavy atom. The maximum absolute atomic E-state index is 12.7. The van der Waals surface area contributed by atoms with E-state index in [4.69, 9.17) is 11.6 Å². The zero-order valence-electron chi connectivity index (χ0n) is 15.4. The van der Waals surface area contributed by atoms with E-state index >= 15 is 0 Å². The molecular formula is C21H26Cl2N2O. The van der Waals surface area contributed by atoms with Gasteiger partial charge in [0.2, 0.25) is 0 Å². The van der Waals surface area contributed by atoms with Crippen molar-refractivity contribution in [3.05, 3.63) is 76.3 Å². The molecule has 1 unspecified atom stereocenters. The third-order valence-electron chi connectivity index (χ3n) is 3.95. The number of carbonyl (C=O) groups is 1. The van der Waals surface area contributed by atoms with Crippen molar-refractivity contribution in [2.45, 2.75) is 19.4 Å². The van der Waals surface area contributed by atoms with Crippen molar-refractivity contribution in [1.82, 2.24) is 10.2 Å². The van der Waals surface area contributed by atoms with Gasteiger partial charge < -0.3 is 10.2 Å². The average Bonchev–Trinajstić information content (AvgIpc) is 2.59. The summed E-state index contributed by atoms with van der Waals surface area (Å²) in [6.45, 7) is 2.84. The molecule has 140 valence electrons. The smallest absolute Gasteiger partial charge is 0.251 e. The minimum Gasteiger partial charge on any atom is -0.345 e. The molecule has 1 N–H and O–H groups in total. The summed E-state index contributed by atoms with van der Waals surface area (Å²) >= 11 is 5.99. The zero-order chi connectivity index (χ0) is 18.2. The molecule has 0 saturated carbocycles. The third kappa shape index (κ3) is 6.83. The van der Waals surface area contributed by atoms with Crippen molar-refractivity contribution in [2.75, 3.05) is 20.6 Å². The summed E-state index contributed by atoms with van der Waals surface area (Å²) < 4.78 is 0. The number of allylic oxidation sites excluding steroid dienone is 1. The monoisotopic (exact) mass is 392 g/mol. The van der Waals surface area contributed by atoms with E-state index in [1.54, 1.807) is 0 Å². The number of hydrogen-bond donors (Lipinski definition) is 1. The van der Waals surface area contributed by atoms with Crippen LogP contribution in [0.4, 0.5) is 0 Å². The maximum atomic E-state index is 12.7. The van der Waals surface area contributed by atoms with E-state index < -0.39 is 0 Å². The molecule has 0 aliphatic rings. The number of carbonyl (C=O) groups excluding carboxylic acids is 1. The Morgan fingerprint density at radius 3 is 2.50 bits per heavy atom. The topological polar surface area (TPSA) is 32.3 Å². The minimum absolute atomic E-state index is 0. The Morgan fingerprint density at radius 2 is 1.88 bits per heavy atom. The molecule has 0 bridgehead atoms. The van der Waals surface area contributed by atoms with Crippen LogP contribution in [0.25, 0.3) is 6.08 Å². The summed E-state index contributed by atoms with van der Waals surface area (Å²) in [6, 6.07) is 15.2. The van der Waals surface area contributed by atoms with Crippen molar-refractivity contribution < 1.29 is 4.79 Å². The number of nitrogens with zero attached hydrogens (tertiary/aromatic N) is 1. The van der Waals surface area contributed by atoms with Gasteiger partial charge >= 0.3 is 0 Å². The lowest BCUT2D eigenvalue weighted by Crippen LogP contribution is -2.31. The predicted octanol–water partition coefficient (Wildman–Crippen LogP) is 5.22. The fraction of sp³-hybridized carbons (Fsp3) is 0.286. The Hall–Kier alpha value is -1.81. The van der Waals surface area contributed by atoms with Gasteiger partial charge in [-0.3, -0.25) is 4.79 Å². The number of rotatable bonds is 7.